The van der Waals surface area contributed by atoms with Crippen molar-refractivity contribution in [2.24, 2.45) is 5.92 Å². The zero-order chi connectivity index (χ0) is 15.6. The molecule has 2 atom stereocenters. The number of hydrogen-bond donors (Lipinski definition) is 2. The lowest BCUT2D eigenvalue weighted by atomic mass is 10.1. The maximum absolute atomic E-state index is 12.0. The summed E-state index contributed by atoms with van der Waals surface area (Å²) in [7, 11) is 0. The minimum absolute atomic E-state index is 0.109. The Morgan fingerprint density at radius 3 is 2.62 bits per heavy atom. The monoisotopic (exact) mass is 312 g/mol. The number of nitro groups is 1. The Hall–Kier alpha value is -2.15. The molecule has 0 spiro atoms. The number of rotatable bonds is 4. The second-order valence-electron chi connectivity index (χ2n) is 4.94. The Labute approximate surface area is 125 Å². The van der Waals surface area contributed by atoms with Crippen LogP contribution in [0.25, 0.3) is 0 Å². The van der Waals surface area contributed by atoms with Crippen LogP contribution < -0.4 is 5.32 Å². The van der Waals surface area contributed by atoms with Gasteiger partial charge in [0.1, 0.15) is 5.02 Å². The topological polar surface area (TPSA) is 110 Å². The molecule has 2 rings (SSSR count). The molecule has 0 heterocycles. The number of carbonyl (C=O) groups is 2. The maximum atomic E-state index is 12.0. The van der Waals surface area contributed by atoms with Gasteiger partial charge in [-0.3, -0.25) is 19.7 Å². The maximum Gasteiger partial charge on any atom is 0.306 e. The van der Waals surface area contributed by atoms with Crippen LogP contribution in [0.1, 0.15) is 29.6 Å². The molecule has 7 nitrogen and oxygen atoms in total. The molecule has 0 saturated heterocycles. The molecular formula is C13H13ClN2O5. The summed E-state index contributed by atoms with van der Waals surface area (Å²) in [6.45, 7) is 0. The van der Waals surface area contributed by atoms with E-state index < -0.39 is 22.7 Å². The molecule has 0 aliphatic heterocycles. The van der Waals surface area contributed by atoms with Crippen LogP contribution >= 0.6 is 11.6 Å². The van der Waals surface area contributed by atoms with Gasteiger partial charge in [0.15, 0.2) is 0 Å². The van der Waals surface area contributed by atoms with Crippen LogP contribution in [0, 0.1) is 16.0 Å². The highest BCUT2D eigenvalue weighted by Gasteiger charge is 2.30. The second-order valence-corrected chi connectivity index (χ2v) is 5.35. The van der Waals surface area contributed by atoms with E-state index in [-0.39, 0.29) is 22.3 Å². The number of nitrogens with zero attached hydrogens (tertiary/aromatic N) is 1. The van der Waals surface area contributed by atoms with E-state index in [2.05, 4.69) is 5.32 Å². The number of halogens is 1. The van der Waals surface area contributed by atoms with Crippen molar-refractivity contribution in [2.45, 2.75) is 25.3 Å². The van der Waals surface area contributed by atoms with Crippen molar-refractivity contribution in [3.63, 3.8) is 0 Å². The normalized spacial score (nSPS) is 21.0. The SMILES string of the molecule is O=C(NC1CCC(C(=O)O)C1)c1ccc([N+](=O)[O-])c(Cl)c1. The summed E-state index contributed by atoms with van der Waals surface area (Å²) in [6, 6.07) is 3.53. The summed E-state index contributed by atoms with van der Waals surface area (Å²) in [4.78, 5) is 32.9. The first-order chi connectivity index (χ1) is 9.88. The van der Waals surface area contributed by atoms with Gasteiger partial charge in [-0.15, -0.1) is 0 Å². The van der Waals surface area contributed by atoms with Crippen molar-refractivity contribution in [3.8, 4) is 0 Å². The predicted octanol–water partition coefficient (Wildman–Crippen LogP) is 2.23. The molecule has 1 amide bonds. The van der Waals surface area contributed by atoms with E-state index in [1.165, 1.54) is 18.2 Å². The fraction of sp³-hybridized carbons (Fsp3) is 0.385. The van der Waals surface area contributed by atoms with Crippen LogP contribution in [0.5, 0.6) is 0 Å². The number of benzene rings is 1. The summed E-state index contributed by atoms with van der Waals surface area (Å²) >= 11 is 5.75. The summed E-state index contributed by atoms with van der Waals surface area (Å²) in [5.74, 6) is -1.70. The van der Waals surface area contributed by atoms with Gasteiger partial charge >= 0.3 is 5.97 Å². The molecule has 1 aliphatic rings. The van der Waals surface area contributed by atoms with Gasteiger partial charge in [0.25, 0.3) is 11.6 Å². The van der Waals surface area contributed by atoms with Crippen LogP contribution in [0.15, 0.2) is 18.2 Å². The molecule has 1 aromatic carbocycles. The van der Waals surface area contributed by atoms with Gasteiger partial charge in [-0.05, 0) is 31.4 Å². The van der Waals surface area contributed by atoms with Crippen LogP contribution in [-0.2, 0) is 4.79 Å². The molecular weight excluding hydrogens is 300 g/mol. The molecule has 112 valence electrons. The lowest BCUT2D eigenvalue weighted by Crippen LogP contribution is -2.33. The third kappa shape index (κ3) is 3.49. The molecule has 2 N–H and O–H groups in total. The third-order valence-electron chi connectivity index (χ3n) is 3.52. The molecule has 1 saturated carbocycles. The summed E-state index contributed by atoms with van der Waals surface area (Å²) in [5.41, 5.74) is -0.0515. The first kappa shape index (κ1) is 15.2. The van der Waals surface area contributed by atoms with Gasteiger partial charge in [0.2, 0.25) is 0 Å². The third-order valence-corrected chi connectivity index (χ3v) is 3.83. The molecule has 0 radical (unpaired) electrons. The summed E-state index contributed by atoms with van der Waals surface area (Å²) in [5, 5.41) is 22.2. The average Bonchev–Trinajstić information content (AvgIpc) is 2.86. The minimum atomic E-state index is -0.856. The van der Waals surface area contributed by atoms with Gasteiger partial charge in [-0.2, -0.15) is 0 Å². The quantitative estimate of drug-likeness (QED) is 0.654. The average molecular weight is 313 g/mol. The van der Waals surface area contributed by atoms with Crippen molar-refractivity contribution in [2.75, 3.05) is 0 Å². The number of aliphatic carboxylic acids is 1. The fourth-order valence-electron chi connectivity index (χ4n) is 2.40. The Kier molecular flexibility index (Phi) is 4.42. The van der Waals surface area contributed by atoms with Crippen LogP contribution in [0.4, 0.5) is 5.69 Å². The van der Waals surface area contributed by atoms with Gasteiger partial charge in [-0.25, -0.2) is 0 Å². The first-order valence-electron chi connectivity index (χ1n) is 6.36. The summed E-state index contributed by atoms with van der Waals surface area (Å²) < 4.78 is 0. The number of nitrogens with one attached hydrogen (secondary N) is 1. The van der Waals surface area contributed by atoms with Crippen LogP contribution in [0.2, 0.25) is 5.02 Å². The molecule has 8 heteroatoms. The zero-order valence-electron chi connectivity index (χ0n) is 10.9. The second kappa shape index (κ2) is 6.09. The van der Waals surface area contributed by atoms with Gasteiger partial charge in [-0.1, -0.05) is 11.6 Å². The van der Waals surface area contributed by atoms with Crippen molar-refractivity contribution >= 4 is 29.2 Å². The highest BCUT2D eigenvalue weighted by molar-refractivity contribution is 6.33. The number of amides is 1. The fourth-order valence-corrected chi connectivity index (χ4v) is 2.65. The summed E-state index contributed by atoms with van der Waals surface area (Å²) in [6.07, 6.45) is 1.52. The van der Waals surface area contributed by atoms with Gasteiger partial charge in [0, 0.05) is 17.7 Å². The van der Waals surface area contributed by atoms with Gasteiger partial charge in [0.05, 0.1) is 10.8 Å². The van der Waals surface area contributed by atoms with E-state index in [9.17, 15) is 19.7 Å². The molecule has 0 bridgehead atoms. The van der Waals surface area contributed by atoms with E-state index >= 15 is 0 Å². The molecule has 1 aliphatic carbocycles. The number of nitro benzene ring substituents is 1. The van der Waals surface area contributed by atoms with Crippen LogP contribution in [-0.4, -0.2) is 27.9 Å². The minimum Gasteiger partial charge on any atom is -0.481 e. The number of carboxylic acids is 1. The Morgan fingerprint density at radius 2 is 2.10 bits per heavy atom. The predicted molar refractivity (Wildman–Crippen MR) is 74.3 cm³/mol. The van der Waals surface area contributed by atoms with E-state index in [1.54, 1.807) is 0 Å². The number of carbonyl (C=O) groups excluding carboxylic acids is 1. The van der Waals surface area contributed by atoms with Crippen molar-refractivity contribution in [1.29, 1.82) is 0 Å². The van der Waals surface area contributed by atoms with E-state index in [4.69, 9.17) is 16.7 Å². The zero-order valence-corrected chi connectivity index (χ0v) is 11.7. The lowest BCUT2D eigenvalue weighted by Gasteiger charge is -2.12. The molecule has 0 aromatic heterocycles. The van der Waals surface area contributed by atoms with E-state index in [0.717, 1.165) is 0 Å². The highest BCUT2D eigenvalue weighted by atomic mass is 35.5. The Morgan fingerprint density at radius 1 is 1.38 bits per heavy atom. The largest absolute Gasteiger partial charge is 0.481 e. The molecule has 1 aromatic rings. The van der Waals surface area contributed by atoms with Crippen molar-refractivity contribution < 1.29 is 19.6 Å². The molecule has 1 fully saturated rings. The van der Waals surface area contributed by atoms with Crippen LogP contribution in [0.3, 0.4) is 0 Å². The Bertz CT molecular complexity index is 604. The highest BCUT2D eigenvalue weighted by Crippen LogP contribution is 2.27. The standard InChI is InChI=1S/C13H13ClN2O5/c14-10-6-7(2-4-11(10)16(20)21)12(17)15-9-3-1-8(5-9)13(18)19/h2,4,6,8-9H,1,3,5H2,(H,15,17)(H,18,19). The lowest BCUT2D eigenvalue weighted by molar-refractivity contribution is -0.384. The number of hydrogen-bond acceptors (Lipinski definition) is 4. The Balaban J connectivity index is 2.03. The molecule has 21 heavy (non-hydrogen) atoms. The van der Waals surface area contributed by atoms with E-state index in [1.807, 2.05) is 0 Å². The van der Waals surface area contributed by atoms with E-state index in [0.29, 0.717) is 19.3 Å². The molecule has 2 unspecified atom stereocenters. The smallest absolute Gasteiger partial charge is 0.306 e. The van der Waals surface area contributed by atoms with Crippen molar-refractivity contribution in [1.82, 2.24) is 5.32 Å². The first-order valence-corrected chi connectivity index (χ1v) is 6.74. The van der Waals surface area contributed by atoms with Gasteiger partial charge < -0.3 is 10.4 Å². The van der Waals surface area contributed by atoms with Crippen molar-refractivity contribution in [3.05, 3.63) is 38.9 Å². The number of carboxylic acid groups (broad SMARTS) is 1.